The number of carbonyl (C=O) groups excluding carboxylic acids is 1. The van der Waals surface area contributed by atoms with Gasteiger partial charge in [0.15, 0.2) is 6.10 Å². The van der Waals surface area contributed by atoms with Crippen LogP contribution in [0.5, 0.6) is 0 Å². The fraction of sp³-hybridized carbons (Fsp3) is 0.542. The quantitative estimate of drug-likeness (QED) is 0.209. The minimum absolute atomic E-state index is 0.469. The van der Waals surface area contributed by atoms with Gasteiger partial charge in [-0.2, -0.15) is 0 Å². The highest BCUT2D eigenvalue weighted by molar-refractivity contribution is 5.81. The van der Waals surface area contributed by atoms with Crippen molar-refractivity contribution in [2.24, 2.45) is 0 Å². The molecule has 0 spiro atoms. The van der Waals surface area contributed by atoms with Crippen LogP contribution >= 0.6 is 0 Å². The molecule has 0 saturated heterocycles. The van der Waals surface area contributed by atoms with E-state index in [-0.39, 0.29) is 0 Å². The third-order valence-electron chi connectivity index (χ3n) is 5.07. The molecule has 0 bridgehead atoms. The van der Waals surface area contributed by atoms with Gasteiger partial charge in [0.05, 0.1) is 6.20 Å². The van der Waals surface area contributed by atoms with E-state index < -0.39 is 12.1 Å². The third-order valence-corrected chi connectivity index (χ3v) is 5.07. The number of aryl methyl sites for hydroxylation is 1. The Kier molecular flexibility index (Phi) is 10.8. The molecular formula is C24H35N3O2. The number of nitrogens with zero attached hydrogens (tertiary/aromatic N) is 3. The SMILES string of the molecule is C=CC(=O)OC(c1ccccc1)c1cn(CCCCCCCCCCCC)nn1. The molecule has 1 heterocycles. The molecule has 0 radical (unpaired) electrons. The minimum atomic E-state index is -0.567. The minimum Gasteiger partial charge on any atom is -0.448 e. The summed E-state index contributed by atoms with van der Waals surface area (Å²) in [6.45, 7) is 6.57. The van der Waals surface area contributed by atoms with Crippen molar-refractivity contribution >= 4 is 5.97 Å². The fourth-order valence-electron chi connectivity index (χ4n) is 3.40. The van der Waals surface area contributed by atoms with E-state index in [1.807, 2.05) is 41.2 Å². The van der Waals surface area contributed by atoms with Crippen LogP contribution in [0.3, 0.4) is 0 Å². The van der Waals surface area contributed by atoms with Crippen LogP contribution in [-0.4, -0.2) is 21.0 Å². The zero-order valence-corrected chi connectivity index (χ0v) is 17.8. The van der Waals surface area contributed by atoms with E-state index in [0.29, 0.717) is 5.69 Å². The Balaban J connectivity index is 1.75. The molecule has 158 valence electrons. The van der Waals surface area contributed by atoms with Gasteiger partial charge >= 0.3 is 5.97 Å². The predicted molar refractivity (Wildman–Crippen MR) is 116 cm³/mol. The Hall–Kier alpha value is -2.43. The fourth-order valence-corrected chi connectivity index (χ4v) is 3.40. The second-order valence-electron chi connectivity index (χ2n) is 7.52. The number of esters is 1. The highest BCUT2D eigenvalue weighted by atomic mass is 16.5. The average Bonchev–Trinajstić information content (AvgIpc) is 3.22. The van der Waals surface area contributed by atoms with Crippen molar-refractivity contribution in [3.63, 3.8) is 0 Å². The molecule has 0 aliphatic carbocycles. The molecule has 2 rings (SSSR count). The number of hydrogen-bond acceptors (Lipinski definition) is 4. The number of rotatable bonds is 15. The number of ether oxygens (including phenoxy) is 1. The van der Waals surface area contributed by atoms with E-state index in [0.717, 1.165) is 18.5 Å². The molecule has 0 fully saturated rings. The molecule has 1 unspecified atom stereocenters. The summed E-state index contributed by atoms with van der Waals surface area (Å²) in [5, 5.41) is 8.47. The topological polar surface area (TPSA) is 57.0 Å². The van der Waals surface area contributed by atoms with Crippen LogP contribution in [0.1, 0.15) is 88.5 Å². The number of aromatic nitrogens is 3. The molecule has 5 nitrogen and oxygen atoms in total. The van der Waals surface area contributed by atoms with Crippen LogP contribution < -0.4 is 0 Å². The third kappa shape index (κ3) is 8.63. The van der Waals surface area contributed by atoms with Gasteiger partial charge in [-0.3, -0.25) is 4.68 Å². The first-order chi connectivity index (χ1) is 14.2. The number of carbonyl (C=O) groups is 1. The number of hydrogen-bond donors (Lipinski definition) is 0. The summed E-state index contributed by atoms with van der Waals surface area (Å²) in [5.41, 5.74) is 1.51. The lowest BCUT2D eigenvalue weighted by molar-refractivity contribution is -0.141. The maximum absolute atomic E-state index is 11.8. The maximum atomic E-state index is 11.8. The molecule has 0 saturated carbocycles. The standard InChI is InChI=1S/C24H35N3O2/c1-3-5-6-7-8-9-10-11-12-16-19-27-20-22(25-26-27)24(29-23(28)4-2)21-17-14-13-15-18-21/h4,13-15,17-18,20,24H,2-3,5-12,16,19H2,1H3. The van der Waals surface area contributed by atoms with Gasteiger partial charge < -0.3 is 4.74 Å². The van der Waals surface area contributed by atoms with Crippen LogP contribution in [0, 0.1) is 0 Å². The van der Waals surface area contributed by atoms with E-state index in [9.17, 15) is 4.79 Å². The van der Waals surface area contributed by atoms with Gasteiger partial charge in [0.1, 0.15) is 5.69 Å². The van der Waals surface area contributed by atoms with Crippen LogP contribution in [0.4, 0.5) is 0 Å². The van der Waals surface area contributed by atoms with Gasteiger partial charge in [-0.15, -0.1) is 5.10 Å². The highest BCUT2D eigenvalue weighted by Crippen LogP contribution is 2.24. The van der Waals surface area contributed by atoms with Gasteiger partial charge in [0.25, 0.3) is 0 Å². The number of unbranched alkanes of at least 4 members (excludes halogenated alkanes) is 9. The largest absolute Gasteiger partial charge is 0.448 e. The number of benzene rings is 1. The summed E-state index contributed by atoms with van der Waals surface area (Å²) in [7, 11) is 0. The summed E-state index contributed by atoms with van der Waals surface area (Å²) in [6.07, 6.45) is 15.5. The zero-order valence-electron chi connectivity index (χ0n) is 17.8. The Morgan fingerprint density at radius 1 is 1.03 bits per heavy atom. The molecule has 1 atom stereocenters. The Morgan fingerprint density at radius 2 is 1.66 bits per heavy atom. The van der Waals surface area contributed by atoms with Crippen molar-refractivity contribution in [1.82, 2.24) is 15.0 Å². The molecule has 5 heteroatoms. The van der Waals surface area contributed by atoms with Crippen molar-refractivity contribution in [3.05, 3.63) is 60.4 Å². The summed E-state index contributed by atoms with van der Waals surface area (Å²) in [6, 6.07) is 9.60. The lowest BCUT2D eigenvalue weighted by Gasteiger charge is -2.14. The molecule has 0 N–H and O–H groups in total. The first-order valence-corrected chi connectivity index (χ1v) is 11.0. The molecule has 0 amide bonds. The smallest absolute Gasteiger partial charge is 0.331 e. The monoisotopic (exact) mass is 397 g/mol. The molecular weight excluding hydrogens is 362 g/mol. The van der Waals surface area contributed by atoms with Crippen molar-refractivity contribution in [3.8, 4) is 0 Å². The molecule has 29 heavy (non-hydrogen) atoms. The lowest BCUT2D eigenvalue weighted by Crippen LogP contribution is -2.11. The van der Waals surface area contributed by atoms with Crippen LogP contribution in [0.15, 0.2) is 49.2 Å². The van der Waals surface area contributed by atoms with Gasteiger partial charge in [0.2, 0.25) is 0 Å². The molecule has 0 aliphatic heterocycles. The second kappa shape index (κ2) is 13.7. The first-order valence-electron chi connectivity index (χ1n) is 11.0. The normalized spacial score (nSPS) is 11.9. The maximum Gasteiger partial charge on any atom is 0.331 e. The van der Waals surface area contributed by atoms with E-state index in [1.54, 1.807) is 0 Å². The van der Waals surface area contributed by atoms with E-state index in [4.69, 9.17) is 4.74 Å². The molecule has 2 aromatic rings. The van der Waals surface area contributed by atoms with Crippen molar-refractivity contribution in [2.45, 2.75) is 83.8 Å². The Bertz CT molecular complexity index is 712. The van der Waals surface area contributed by atoms with Crippen LogP contribution in [-0.2, 0) is 16.1 Å². The molecule has 1 aromatic carbocycles. The van der Waals surface area contributed by atoms with Gasteiger partial charge in [-0.05, 0) is 12.0 Å². The summed E-state index contributed by atoms with van der Waals surface area (Å²) in [5.74, 6) is -0.469. The van der Waals surface area contributed by atoms with Gasteiger partial charge in [-0.25, -0.2) is 4.79 Å². The first kappa shape index (κ1) is 22.9. The van der Waals surface area contributed by atoms with E-state index >= 15 is 0 Å². The highest BCUT2D eigenvalue weighted by Gasteiger charge is 2.21. The zero-order chi connectivity index (χ0) is 20.7. The van der Waals surface area contributed by atoms with E-state index in [1.165, 1.54) is 63.9 Å². The van der Waals surface area contributed by atoms with Crippen LogP contribution in [0.2, 0.25) is 0 Å². The summed E-state index contributed by atoms with van der Waals surface area (Å²) in [4.78, 5) is 11.8. The van der Waals surface area contributed by atoms with Gasteiger partial charge in [0, 0.05) is 12.6 Å². The van der Waals surface area contributed by atoms with Crippen LogP contribution in [0.25, 0.3) is 0 Å². The molecule has 0 aliphatic rings. The Labute approximate surface area is 175 Å². The summed E-state index contributed by atoms with van der Waals surface area (Å²) < 4.78 is 7.36. The Morgan fingerprint density at radius 3 is 2.28 bits per heavy atom. The lowest BCUT2D eigenvalue weighted by atomic mass is 10.1. The van der Waals surface area contributed by atoms with Crippen molar-refractivity contribution in [2.75, 3.05) is 0 Å². The predicted octanol–water partition coefficient (Wildman–Crippen LogP) is 6.02. The van der Waals surface area contributed by atoms with Gasteiger partial charge in [-0.1, -0.05) is 107 Å². The van der Waals surface area contributed by atoms with Crippen molar-refractivity contribution in [1.29, 1.82) is 0 Å². The average molecular weight is 398 g/mol. The van der Waals surface area contributed by atoms with Crippen molar-refractivity contribution < 1.29 is 9.53 Å². The van der Waals surface area contributed by atoms with E-state index in [2.05, 4.69) is 23.8 Å². The summed E-state index contributed by atoms with van der Waals surface area (Å²) >= 11 is 0. The second-order valence-corrected chi connectivity index (χ2v) is 7.52. The molecule has 1 aromatic heterocycles.